The Kier molecular flexibility index (Phi) is 6.95. The van der Waals surface area contributed by atoms with E-state index in [1.807, 2.05) is 19.9 Å². The van der Waals surface area contributed by atoms with Gasteiger partial charge in [-0.15, -0.1) is 0 Å². The highest BCUT2D eigenvalue weighted by molar-refractivity contribution is 8.04. The van der Waals surface area contributed by atoms with Crippen molar-refractivity contribution in [3.05, 3.63) is 91.2 Å². The highest BCUT2D eigenvalue weighted by Crippen LogP contribution is 2.36. The van der Waals surface area contributed by atoms with E-state index in [0.29, 0.717) is 25.9 Å². The van der Waals surface area contributed by atoms with E-state index in [9.17, 15) is 9.59 Å². The van der Waals surface area contributed by atoms with Crippen LogP contribution in [0.1, 0.15) is 17.0 Å². The average Bonchev–Trinajstić information content (AvgIpc) is 2.93. The average molecular weight is 520 g/mol. The van der Waals surface area contributed by atoms with Crippen molar-refractivity contribution in [1.29, 1.82) is 0 Å². The zero-order valence-corrected chi connectivity index (χ0v) is 20.6. The van der Waals surface area contributed by atoms with Crippen molar-refractivity contribution in [2.75, 3.05) is 5.32 Å². The summed E-state index contributed by atoms with van der Waals surface area (Å²) in [7, 11) is 0. The number of hydrogen-bond acceptors (Lipinski definition) is 6. The first-order valence-corrected chi connectivity index (χ1v) is 11.7. The molecule has 1 aliphatic rings. The molecule has 2 amide bonds. The molecule has 10 heteroatoms. The normalized spacial score (nSPS) is 13.8. The monoisotopic (exact) mass is 518 g/mol. The lowest BCUT2D eigenvalue weighted by molar-refractivity contribution is -0.137. The SMILES string of the molecule is Cc1cc(C)nc(SC2=C(Nc3cc(Cl)cc(Cl)c3)C(=O)N(Cc3ccc(Cl)cc3)C2=O)n1. The van der Waals surface area contributed by atoms with Crippen LogP contribution in [-0.4, -0.2) is 26.7 Å². The van der Waals surface area contributed by atoms with Crippen LogP contribution in [-0.2, 0) is 16.1 Å². The summed E-state index contributed by atoms with van der Waals surface area (Å²) in [5.74, 6) is -0.920. The van der Waals surface area contributed by atoms with E-state index < -0.39 is 11.8 Å². The number of nitrogens with one attached hydrogen (secondary N) is 1. The number of hydrogen-bond donors (Lipinski definition) is 1. The lowest BCUT2D eigenvalue weighted by atomic mass is 10.2. The number of carbonyl (C=O) groups excluding carboxylic acids is 2. The van der Waals surface area contributed by atoms with Crippen LogP contribution in [0.2, 0.25) is 15.1 Å². The number of rotatable bonds is 6. The van der Waals surface area contributed by atoms with Crippen molar-refractivity contribution in [2.24, 2.45) is 0 Å². The molecule has 0 bridgehead atoms. The van der Waals surface area contributed by atoms with Gasteiger partial charge in [0.2, 0.25) is 0 Å². The summed E-state index contributed by atoms with van der Waals surface area (Å²) >= 11 is 19.2. The molecule has 168 valence electrons. The summed E-state index contributed by atoms with van der Waals surface area (Å²) in [5.41, 5.74) is 2.88. The maximum atomic E-state index is 13.3. The smallest absolute Gasteiger partial charge is 0.278 e. The summed E-state index contributed by atoms with van der Waals surface area (Å²) < 4.78 is 0. The van der Waals surface area contributed by atoms with Crippen LogP contribution >= 0.6 is 46.6 Å². The van der Waals surface area contributed by atoms with Crippen molar-refractivity contribution < 1.29 is 9.59 Å². The number of carbonyl (C=O) groups is 2. The van der Waals surface area contributed by atoms with Gasteiger partial charge in [-0.05, 0) is 67.6 Å². The van der Waals surface area contributed by atoms with Gasteiger partial charge in [-0.25, -0.2) is 9.97 Å². The van der Waals surface area contributed by atoms with Crippen molar-refractivity contribution in [3.63, 3.8) is 0 Å². The molecule has 0 saturated heterocycles. The predicted molar refractivity (Wildman–Crippen MR) is 131 cm³/mol. The van der Waals surface area contributed by atoms with Crippen molar-refractivity contribution in [3.8, 4) is 0 Å². The molecule has 0 aliphatic carbocycles. The highest BCUT2D eigenvalue weighted by atomic mass is 35.5. The molecule has 4 rings (SSSR count). The molecule has 0 radical (unpaired) electrons. The van der Waals surface area contributed by atoms with E-state index in [0.717, 1.165) is 28.7 Å². The van der Waals surface area contributed by atoms with Gasteiger partial charge in [-0.3, -0.25) is 14.5 Å². The van der Waals surface area contributed by atoms with Gasteiger partial charge in [0.15, 0.2) is 5.16 Å². The van der Waals surface area contributed by atoms with Gasteiger partial charge >= 0.3 is 0 Å². The number of aryl methyl sites for hydroxylation is 2. The maximum absolute atomic E-state index is 13.3. The second-order valence-corrected chi connectivity index (χ2v) is 9.63. The van der Waals surface area contributed by atoms with Gasteiger partial charge in [0, 0.05) is 32.1 Å². The Labute approximate surface area is 210 Å². The predicted octanol–water partition coefficient (Wildman–Crippen LogP) is 6.04. The molecule has 1 aromatic heterocycles. The number of benzene rings is 2. The number of thioether (sulfide) groups is 1. The Bertz CT molecular complexity index is 1180. The van der Waals surface area contributed by atoms with Gasteiger partial charge in [0.05, 0.1) is 6.54 Å². The zero-order chi connectivity index (χ0) is 23.7. The molecular formula is C23H17Cl3N4O2S. The third kappa shape index (κ3) is 5.50. The Morgan fingerprint density at radius 1 is 0.848 bits per heavy atom. The lowest BCUT2D eigenvalue weighted by Gasteiger charge is -2.15. The standard InChI is InChI=1S/C23H17Cl3N4O2S/c1-12-7-13(2)28-23(27-12)33-20-19(29-18-9-16(25)8-17(26)10-18)21(31)30(22(20)32)11-14-3-5-15(24)6-4-14/h3-10,29H,11H2,1-2H3. The molecule has 2 heterocycles. The second-order valence-electron chi connectivity index (χ2n) is 7.35. The van der Waals surface area contributed by atoms with Crippen molar-refractivity contribution in [1.82, 2.24) is 14.9 Å². The Morgan fingerprint density at radius 2 is 1.45 bits per heavy atom. The summed E-state index contributed by atoms with van der Waals surface area (Å²) in [6, 6.07) is 13.6. The minimum Gasteiger partial charge on any atom is -0.350 e. The first-order valence-electron chi connectivity index (χ1n) is 9.78. The zero-order valence-electron chi connectivity index (χ0n) is 17.5. The molecule has 0 spiro atoms. The molecule has 3 aromatic rings. The molecule has 33 heavy (non-hydrogen) atoms. The minimum atomic E-state index is -0.474. The number of nitrogens with zero attached hydrogens (tertiary/aromatic N) is 3. The van der Waals surface area contributed by atoms with Crippen LogP contribution < -0.4 is 5.32 Å². The van der Waals surface area contributed by atoms with E-state index in [1.165, 1.54) is 4.90 Å². The van der Waals surface area contributed by atoms with Crippen LogP contribution in [0.3, 0.4) is 0 Å². The van der Waals surface area contributed by atoms with Gasteiger partial charge in [0.25, 0.3) is 11.8 Å². The van der Waals surface area contributed by atoms with E-state index in [2.05, 4.69) is 15.3 Å². The fraction of sp³-hybridized carbons (Fsp3) is 0.130. The number of aromatic nitrogens is 2. The number of imide groups is 1. The molecule has 0 saturated carbocycles. The number of amides is 2. The number of anilines is 1. The van der Waals surface area contributed by atoms with Gasteiger partial charge in [-0.1, -0.05) is 46.9 Å². The quantitative estimate of drug-likeness (QED) is 0.316. The largest absolute Gasteiger partial charge is 0.350 e. The molecule has 1 aliphatic heterocycles. The minimum absolute atomic E-state index is 0.0913. The fourth-order valence-corrected chi connectivity index (χ4v) is 4.93. The maximum Gasteiger partial charge on any atom is 0.278 e. The number of halogens is 3. The van der Waals surface area contributed by atoms with Gasteiger partial charge < -0.3 is 5.32 Å². The Hall–Kier alpha value is -2.58. The van der Waals surface area contributed by atoms with E-state index in [-0.39, 0.29) is 17.1 Å². The first-order chi connectivity index (χ1) is 15.7. The molecular weight excluding hydrogens is 503 g/mol. The summed E-state index contributed by atoms with van der Waals surface area (Å²) in [5, 5.41) is 4.76. The molecule has 0 fully saturated rings. The van der Waals surface area contributed by atoms with E-state index in [1.54, 1.807) is 42.5 Å². The summed E-state index contributed by atoms with van der Waals surface area (Å²) in [6.07, 6.45) is 0. The third-order valence-electron chi connectivity index (χ3n) is 4.67. The van der Waals surface area contributed by atoms with Crippen LogP contribution in [0.25, 0.3) is 0 Å². The Morgan fingerprint density at radius 3 is 2.06 bits per heavy atom. The van der Waals surface area contributed by atoms with Gasteiger partial charge in [0.1, 0.15) is 10.6 Å². The van der Waals surface area contributed by atoms with E-state index in [4.69, 9.17) is 34.8 Å². The van der Waals surface area contributed by atoms with Gasteiger partial charge in [-0.2, -0.15) is 0 Å². The topological polar surface area (TPSA) is 75.2 Å². The fourth-order valence-electron chi connectivity index (χ4n) is 3.28. The Balaban J connectivity index is 1.71. The van der Waals surface area contributed by atoms with Crippen molar-refractivity contribution >= 4 is 64.1 Å². The third-order valence-corrected chi connectivity index (χ3v) is 6.30. The molecule has 1 N–H and O–H groups in total. The summed E-state index contributed by atoms with van der Waals surface area (Å²) in [4.78, 5) is 36.8. The first kappa shape index (κ1) is 23.6. The van der Waals surface area contributed by atoms with Crippen LogP contribution in [0.4, 0.5) is 5.69 Å². The summed E-state index contributed by atoms with van der Waals surface area (Å²) in [6.45, 7) is 3.78. The molecule has 0 unspecified atom stereocenters. The lowest BCUT2D eigenvalue weighted by Crippen LogP contribution is -2.31. The van der Waals surface area contributed by atoms with Crippen LogP contribution in [0.5, 0.6) is 0 Å². The van der Waals surface area contributed by atoms with Crippen LogP contribution in [0, 0.1) is 13.8 Å². The van der Waals surface area contributed by atoms with Crippen molar-refractivity contribution in [2.45, 2.75) is 25.5 Å². The molecule has 2 aromatic carbocycles. The second kappa shape index (κ2) is 9.73. The molecule has 0 atom stereocenters. The van der Waals surface area contributed by atoms with E-state index >= 15 is 0 Å². The van der Waals surface area contributed by atoms with Crippen LogP contribution in [0.15, 0.2) is 64.3 Å². The highest BCUT2D eigenvalue weighted by Gasteiger charge is 2.39. The molecule has 6 nitrogen and oxygen atoms in total.